The molecule has 0 radical (unpaired) electrons. The molecule has 3 aromatic rings. The molecule has 3 rings (SSSR count). The van der Waals surface area contributed by atoms with Crippen molar-refractivity contribution in [2.45, 2.75) is 18.8 Å². The fourth-order valence-corrected chi connectivity index (χ4v) is 3.67. The van der Waals surface area contributed by atoms with Crippen molar-refractivity contribution in [3.8, 4) is 0 Å². The molecule has 7 heteroatoms. The van der Waals surface area contributed by atoms with E-state index in [1.165, 1.54) is 6.07 Å². The van der Waals surface area contributed by atoms with E-state index < -0.39 is 17.1 Å². The van der Waals surface area contributed by atoms with Crippen LogP contribution in [0.5, 0.6) is 0 Å². The monoisotopic (exact) mass is 412 g/mol. The topological polar surface area (TPSA) is 78.4 Å². The van der Waals surface area contributed by atoms with Gasteiger partial charge in [-0.3, -0.25) is 14.1 Å². The van der Waals surface area contributed by atoms with Crippen LogP contribution >= 0.6 is 0 Å². The Hall–Kier alpha value is -3.03. The Kier molecular flexibility index (Phi) is 7.10. The van der Waals surface area contributed by atoms with Gasteiger partial charge in [-0.2, -0.15) is 0 Å². The van der Waals surface area contributed by atoms with Gasteiger partial charge in [0.15, 0.2) is 0 Å². The SMILES string of the molecule is O=CNc1cc(CC(Cc2cccc(NS(=O)O)c2)c2ccccc2)ccc1F. The van der Waals surface area contributed by atoms with Gasteiger partial charge in [0.05, 0.1) is 5.69 Å². The number of carbonyl (C=O) groups is 1. The second kappa shape index (κ2) is 9.95. The van der Waals surface area contributed by atoms with Gasteiger partial charge in [-0.25, -0.2) is 8.60 Å². The van der Waals surface area contributed by atoms with Crippen LogP contribution in [0.3, 0.4) is 0 Å². The molecule has 2 atom stereocenters. The van der Waals surface area contributed by atoms with Crippen molar-refractivity contribution in [3.05, 3.63) is 95.3 Å². The van der Waals surface area contributed by atoms with Gasteiger partial charge in [0.25, 0.3) is 11.3 Å². The molecule has 0 aromatic heterocycles. The van der Waals surface area contributed by atoms with E-state index in [4.69, 9.17) is 4.55 Å². The average molecular weight is 412 g/mol. The van der Waals surface area contributed by atoms with E-state index in [1.54, 1.807) is 18.2 Å². The number of hydrogen-bond acceptors (Lipinski definition) is 2. The standard InChI is InChI=1S/C22H21FN2O3S/c23-21-10-9-17(14-22(21)24-15-26)12-19(18-6-2-1-3-7-18)11-16-5-4-8-20(13-16)25-29(27)28/h1-10,13-15,19,25H,11-12H2,(H,24,26)(H,27,28). The first-order chi connectivity index (χ1) is 14.0. The molecule has 2 unspecified atom stereocenters. The maximum absolute atomic E-state index is 13.8. The third-order valence-electron chi connectivity index (χ3n) is 4.61. The Bertz CT molecular complexity index is 998. The Morgan fingerprint density at radius 1 is 0.966 bits per heavy atom. The fourth-order valence-electron chi connectivity index (χ4n) is 3.34. The summed E-state index contributed by atoms with van der Waals surface area (Å²) >= 11 is -2.13. The summed E-state index contributed by atoms with van der Waals surface area (Å²) in [7, 11) is 0. The smallest absolute Gasteiger partial charge is 0.259 e. The minimum absolute atomic E-state index is 0.0978. The summed E-state index contributed by atoms with van der Waals surface area (Å²) in [6.45, 7) is 0. The molecular weight excluding hydrogens is 391 g/mol. The second-order valence-corrected chi connectivity index (χ2v) is 7.35. The lowest BCUT2D eigenvalue weighted by Gasteiger charge is -2.19. The normalized spacial score (nSPS) is 12.8. The van der Waals surface area contributed by atoms with Gasteiger partial charge in [0.2, 0.25) is 6.41 Å². The molecule has 0 heterocycles. The van der Waals surface area contributed by atoms with Crippen LogP contribution in [-0.2, 0) is 28.9 Å². The molecule has 0 saturated heterocycles. The number of rotatable bonds is 9. The van der Waals surface area contributed by atoms with E-state index in [0.29, 0.717) is 24.9 Å². The van der Waals surface area contributed by atoms with Crippen molar-refractivity contribution in [2.24, 2.45) is 0 Å². The zero-order valence-corrected chi connectivity index (χ0v) is 16.4. The predicted molar refractivity (Wildman–Crippen MR) is 114 cm³/mol. The summed E-state index contributed by atoms with van der Waals surface area (Å²) in [5.74, 6) is -0.381. The molecule has 0 bridgehead atoms. The number of hydrogen-bond donors (Lipinski definition) is 3. The number of anilines is 2. The summed E-state index contributed by atoms with van der Waals surface area (Å²) in [6.07, 6.45) is 1.79. The lowest BCUT2D eigenvalue weighted by atomic mass is 9.86. The van der Waals surface area contributed by atoms with E-state index in [2.05, 4.69) is 10.0 Å². The van der Waals surface area contributed by atoms with Crippen LogP contribution in [0, 0.1) is 5.82 Å². The largest absolute Gasteiger partial charge is 0.326 e. The number of amides is 1. The van der Waals surface area contributed by atoms with Gasteiger partial charge >= 0.3 is 0 Å². The first-order valence-corrected chi connectivity index (χ1v) is 10.2. The molecular formula is C22H21FN2O3S. The first kappa shape index (κ1) is 20.7. The highest BCUT2D eigenvalue weighted by atomic mass is 32.2. The highest BCUT2D eigenvalue weighted by molar-refractivity contribution is 7.80. The summed E-state index contributed by atoms with van der Waals surface area (Å²) < 4.78 is 36.4. The molecule has 0 fully saturated rings. The zero-order chi connectivity index (χ0) is 20.6. The van der Waals surface area contributed by atoms with Crippen LogP contribution in [0.25, 0.3) is 0 Å². The van der Waals surface area contributed by atoms with E-state index >= 15 is 0 Å². The number of benzene rings is 3. The minimum atomic E-state index is -2.13. The van der Waals surface area contributed by atoms with Crippen LogP contribution in [0.2, 0.25) is 0 Å². The molecule has 0 aliphatic heterocycles. The lowest BCUT2D eigenvalue weighted by molar-refractivity contribution is -0.105. The van der Waals surface area contributed by atoms with Crippen molar-refractivity contribution >= 4 is 29.1 Å². The predicted octanol–water partition coefficient (Wildman–Crippen LogP) is 4.51. The fraction of sp³-hybridized carbons (Fsp3) is 0.136. The summed E-state index contributed by atoms with van der Waals surface area (Å²) in [5.41, 5.74) is 3.75. The van der Waals surface area contributed by atoms with Crippen LogP contribution in [0.15, 0.2) is 72.8 Å². The van der Waals surface area contributed by atoms with Gasteiger partial charge in [-0.15, -0.1) is 0 Å². The van der Waals surface area contributed by atoms with Crippen LogP contribution < -0.4 is 10.0 Å². The van der Waals surface area contributed by atoms with Crippen LogP contribution in [-0.4, -0.2) is 15.2 Å². The summed E-state index contributed by atoms with van der Waals surface area (Å²) in [6, 6.07) is 22.1. The molecule has 0 aliphatic rings. The van der Waals surface area contributed by atoms with E-state index in [1.807, 2.05) is 48.5 Å². The van der Waals surface area contributed by atoms with E-state index in [-0.39, 0.29) is 11.6 Å². The van der Waals surface area contributed by atoms with E-state index in [9.17, 15) is 13.4 Å². The lowest BCUT2D eigenvalue weighted by Crippen LogP contribution is -2.08. The molecule has 1 amide bonds. The molecule has 3 aromatic carbocycles. The average Bonchev–Trinajstić information content (AvgIpc) is 2.70. The quantitative estimate of drug-likeness (QED) is 0.357. The molecule has 3 N–H and O–H groups in total. The first-order valence-electron chi connectivity index (χ1n) is 9.05. The third kappa shape index (κ3) is 5.97. The van der Waals surface area contributed by atoms with Crippen molar-refractivity contribution in [2.75, 3.05) is 10.0 Å². The van der Waals surface area contributed by atoms with Crippen molar-refractivity contribution in [3.63, 3.8) is 0 Å². The van der Waals surface area contributed by atoms with Gasteiger partial charge in [0, 0.05) is 5.69 Å². The Morgan fingerprint density at radius 3 is 2.38 bits per heavy atom. The molecule has 0 aliphatic carbocycles. The number of halogens is 1. The molecule has 5 nitrogen and oxygen atoms in total. The van der Waals surface area contributed by atoms with Crippen molar-refractivity contribution in [1.82, 2.24) is 0 Å². The van der Waals surface area contributed by atoms with Crippen molar-refractivity contribution < 1.29 is 17.9 Å². The van der Waals surface area contributed by atoms with Crippen LogP contribution in [0.4, 0.5) is 15.8 Å². The highest BCUT2D eigenvalue weighted by Crippen LogP contribution is 2.28. The molecule has 150 valence electrons. The van der Waals surface area contributed by atoms with Gasteiger partial charge in [-0.05, 0) is 59.7 Å². The van der Waals surface area contributed by atoms with Crippen LogP contribution in [0.1, 0.15) is 22.6 Å². The minimum Gasteiger partial charge on any atom is -0.326 e. The summed E-state index contributed by atoms with van der Waals surface area (Å²) in [5, 5.41) is 2.39. The number of carbonyl (C=O) groups excluding carboxylic acids is 1. The van der Waals surface area contributed by atoms with Gasteiger partial charge in [0.1, 0.15) is 5.82 Å². The third-order valence-corrected chi connectivity index (χ3v) is 5.02. The molecule has 0 spiro atoms. The molecule has 0 saturated carbocycles. The van der Waals surface area contributed by atoms with Crippen molar-refractivity contribution in [1.29, 1.82) is 0 Å². The van der Waals surface area contributed by atoms with Gasteiger partial charge < -0.3 is 5.32 Å². The Labute approximate surface area is 171 Å². The molecule has 29 heavy (non-hydrogen) atoms. The maximum Gasteiger partial charge on any atom is 0.259 e. The number of nitrogens with one attached hydrogen (secondary N) is 2. The Morgan fingerprint density at radius 2 is 1.69 bits per heavy atom. The Balaban J connectivity index is 1.87. The zero-order valence-electron chi connectivity index (χ0n) is 15.5. The highest BCUT2D eigenvalue weighted by Gasteiger charge is 2.15. The van der Waals surface area contributed by atoms with E-state index in [0.717, 1.165) is 16.7 Å². The summed E-state index contributed by atoms with van der Waals surface area (Å²) in [4.78, 5) is 10.7. The second-order valence-electron chi connectivity index (χ2n) is 6.64. The maximum atomic E-state index is 13.8. The van der Waals surface area contributed by atoms with Gasteiger partial charge in [-0.1, -0.05) is 48.5 Å².